The van der Waals surface area contributed by atoms with E-state index in [4.69, 9.17) is 4.74 Å². The zero-order chi connectivity index (χ0) is 15.4. The maximum absolute atomic E-state index is 11.7. The average molecular weight is 317 g/mol. The Morgan fingerprint density at radius 1 is 1.45 bits per heavy atom. The van der Waals surface area contributed by atoms with Crippen LogP contribution in [0.15, 0.2) is 35.7 Å². The van der Waals surface area contributed by atoms with Gasteiger partial charge in [-0.3, -0.25) is 9.36 Å². The second-order valence-corrected chi connectivity index (χ2v) is 6.44. The molecule has 1 atom stereocenters. The van der Waals surface area contributed by atoms with Gasteiger partial charge in [-0.1, -0.05) is 17.8 Å². The molecule has 1 heterocycles. The van der Waals surface area contributed by atoms with Crippen LogP contribution >= 0.6 is 11.8 Å². The summed E-state index contributed by atoms with van der Waals surface area (Å²) in [5, 5.41) is 9.03. The normalized spacial score (nSPS) is 17.9. The summed E-state index contributed by atoms with van der Waals surface area (Å²) in [6.45, 7) is 0. The van der Waals surface area contributed by atoms with Crippen molar-refractivity contribution in [3.8, 4) is 11.4 Å². The van der Waals surface area contributed by atoms with Gasteiger partial charge in [0.15, 0.2) is 5.16 Å². The molecule has 6 heteroatoms. The molecule has 2 aromatic rings. The molecule has 0 bridgehead atoms. The van der Waals surface area contributed by atoms with Gasteiger partial charge >= 0.3 is 0 Å². The van der Waals surface area contributed by atoms with Gasteiger partial charge in [-0.15, -0.1) is 10.2 Å². The minimum Gasteiger partial charge on any atom is -0.497 e. The van der Waals surface area contributed by atoms with Gasteiger partial charge in [-0.2, -0.15) is 0 Å². The predicted molar refractivity (Wildman–Crippen MR) is 85.6 cm³/mol. The lowest BCUT2D eigenvalue weighted by Gasteiger charge is -2.09. The summed E-state index contributed by atoms with van der Waals surface area (Å²) in [6.07, 6.45) is 5.48. The number of ketones is 1. The van der Waals surface area contributed by atoms with Gasteiger partial charge in [0.05, 0.1) is 12.8 Å². The second kappa shape index (κ2) is 6.96. The molecule has 1 aromatic heterocycles. The van der Waals surface area contributed by atoms with E-state index in [2.05, 4.69) is 10.2 Å². The van der Waals surface area contributed by atoms with Crippen molar-refractivity contribution in [2.24, 2.45) is 5.92 Å². The number of hydrogen-bond donors (Lipinski definition) is 0. The van der Waals surface area contributed by atoms with Crippen molar-refractivity contribution in [1.82, 2.24) is 14.8 Å². The lowest BCUT2D eigenvalue weighted by Crippen LogP contribution is -2.07. The Balaban J connectivity index is 1.65. The van der Waals surface area contributed by atoms with E-state index in [1.54, 1.807) is 25.2 Å². The van der Waals surface area contributed by atoms with E-state index in [0.29, 0.717) is 5.78 Å². The molecule has 22 heavy (non-hydrogen) atoms. The summed E-state index contributed by atoms with van der Waals surface area (Å²) in [6, 6.07) is 7.80. The van der Waals surface area contributed by atoms with E-state index in [9.17, 15) is 4.79 Å². The Hall–Kier alpha value is -1.82. The summed E-state index contributed by atoms with van der Waals surface area (Å²) in [7, 11) is 1.65. The van der Waals surface area contributed by atoms with E-state index in [1.165, 1.54) is 0 Å². The number of aromatic nitrogens is 3. The maximum atomic E-state index is 11.7. The molecule has 0 spiro atoms. The van der Waals surface area contributed by atoms with E-state index in [0.717, 1.165) is 48.0 Å². The van der Waals surface area contributed by atoms with Gasteiger partial charge in [0, 0.05) is 24.2 Å². The van der Waals surface area contributed by atoms with Crippen LogP contribution in [0.1, 0.15) is 25.7 Å². The average Bonchev–Trinajstić information content (AvgIpc) is 3.17. The standard InChI is InChI=1S/C16H19N3O2S/c1-21-14-6-3-5-13(10-14)19-11-17-18-16(19)22-9-8-12-4-2-7-15(12)20/h3,5-6,10-12H,2,4,7-9H2,1H3/t12-/m1/s1. The smallest absolute Gasteiger partial charge is 0.195 e. The first-order chi connectivity index (χ1) is 10.8. The number of ether oxygens (including phenoxy) is 1. The van der Waals surface area contributed by atoms with Gasteiger partial charge in [0.25, 0.3) is 0 Å². The van der Waals surface area contributed by atoms with Crippen molar-refractivity contribution in [3.05, 3.63) is 30.6 Å². The highest BCUT2D eigenvalue weighted by atomic mass is 32.2. The molecular formula is C16H19N3O2S. The van der Waals surface area contributed by atoms with Gasteiger partial charge in [-0.05, 0) is 31.4 Å². The minimum atomic E-state index is 0.251. The van der Waals surface area contributed by atoms with Crippen LogP contribution in [0.3, 0.4) is 0 Å². The van der Waals surface area contributed by atoms with Crippen LogP contribution in [-0.4, -0.2) is 33.4 Å². The van der Waals surface area contributed by atoms with E-state index in [-0.39, 0.29) is 5.92 Å². The molecule has 0 aliphatic heterocycles. The molecule has 1 aliphatic carbocycles. The van der Waals surface area contributed by atoms with Gasteiger partial charge in [0.1, 0.15) is 17.9 Å². The molecule has 0 N–H and O–H groups in total. The third-order valence-electron chi connectivity index (χ3n) is 3.98. The molecule has 0 saturated heterocycles. The van der Waals surface area contributed by atoms with Crippen molar-refractivity contribution >= 4 is 17.5 Å². The van der Waals surface area contributed by atoms with Gasteiger partial charge < -0.3 is 4.74 Å². The third-order valence-corrected chi connectivity index (χ3v) is 4.95. The van der Waals surface area contributed by atoms with Crippen molar-refractivity contribution in [1.29, 1.82) is 0 Å². The number of thioether (sulfide) groups is 1. The zero-order valence-electron chi connectivity index (χ0n) is 12.6. The molecule has 0 radical (unpaired) electrons. The van der Waals surface area contributed by atoms with Crippen molar-refractivity contribution in [3.63, 3.8) is 0 Å². The Morgan fingerprint density at radius 2 is 2.36 bits per heavy atom. The number of nitrogens with zero attached hydrogens (tertiary/aromatic N) is 3. The number of carbonyl (C=O) groups excluding carboxylic acids is 1. The number of carbonyl (C=O) groups is 1. The highest BCUT2D eigenvalue weighted by Crippen LogP contribution is 2.28. The minimum absolute atomic E-state index is 0.251. The first kappa shape index (κ1) is 15.1. The van der Waals surface area contributed by atoms with Gasteiger partial charge in [-0.25, -0.2) is 0 Å². The first-order valence-corrected chi connectivity index (χ1v) is 8.46. The summed E-state index contributed by atoms with van der Waals surface area (Å²) in [5.41, 5.74) is 0.976. The van der Waals surface area contributed by atoms with Crippen molar-refractivity contribution in [2.75, 3.05) is 12.9 Å². The second-order valence-electron chi connectivity index (χ2n) is 5.38. The Labute approximate surface area is 134 Å². The Kier molecular flexibility index (Phi) is 4.77. The lowest BCUT2D eigenvalue weighted by atomic mass is 10.1. The fraction of sp³-hybridized carbons (Fsp3) is 0.438. The van der Waals surface area contributed by atoms with Crippen LogP contribution < -0.4 is 4.74 Å². The largest absolute Gasteiger partial charge is 0.497 e. The Bertz CT molecular complexity index is 656. The SMILES string of the molecule is COc1cccc(-n2cnnc2SCC[C@H]2CCCC2=O)c1. The number of hydrogen-bond acceptors (Lipinski definition) is 5. The van der Waals surface area contributed by atoms with Crippen LogP contribution in [0, 0.1) is 5.92 Å². The maximum Gasteiger partial charge on any atom is 0.195 e. The fourth-order valence-corrected chi connectivity index (χ4v) is 3.73. The fourth-order valence-electron chi connectivity index (χ4n) is 2.75. The van der Waals surface area contributed by atoms with Crippen LogP contribution in [0.2, 0.25) is 0 Å². The quantitative estimate of drug-likeness (QED) is 0.766. The zero-order valence-corrected chi connectivity index (χ0v) is 13.4. The number of Topliss-reactive ketones (excluding diaryl/α,β-unsaturated/α-hetero) is 1. The molecular weight excluding hydrogens is 298 g/mol. The van der Waals surface area contributed by atoms with Gasteiger partial charge in [0.2, 0.25) is 0 Å². The summed E-state index contributed by atoms with van der Waals surface area (Å²) < 4.78 is 7.20. The van der Waals surface area contributed by atoms with Crippen molar-refractivity contribution < 1.29 is 9.53 Å². The molecule has 5 nitrogen and oxygen atoms in total. The number of benzene rings is 1. The monoisotopic (exact) mass is 317 g/mol. The lowest BCUT2D eigenvalue weighted by molar-refractivity contribution is -0.120. The van der Waals surface area contributed by atoms with E-state index >= 15 is 0 Å². The molecule has 0 unspecified atom stereocenters. The van der Waals surface area contributed by atoms with E-state index in [1.807, 2.05) is 28.8 Å². The molecule has 3 rings (SSSR count). The highest BCUT2D eigenvalue weighted by Gasteiger charge is 2.23. The van der Waals surface area contributed by atoms with Crippen LogP contribution in [0.25, 0.3) is 5.69 Å². The molecule has 1 aromatic carbocycles. The first-order valence-electron chi connectivity index (χ1n) is 7.48. The number of methoxy groups -OCH3 is 1. The summed E-state index contributed by atoms with van der Waals surface area (Å²) in [4.78, 5) is 11.7. The number of rotatable bonds is 6. The molecule has 1 fully saturated rings. The molecule has 116 valence electrons. The van der Waals surface area contributed by atoms with Crippen LogP contribution in [-0.2, 0) is 4.79 Å². The summed E-state index contributed by atoms with van der Waals surface area (Å²) >= 11 is 1.65. The van der Waals surface area contributed by atoms with Crippen LogP contribution in [0.4, 0.5) is 0 Å². The van der Waals surface area contributed by atoms with E-state index < -0.39 is 0 Å². The predicted octanol–water partition coefficient (Wildman–Crippen LogP) is 3.13. The van der Waals surface area contributed by atoms with Crippen LogP contribution in [0.5, 0.6) is 5.75 Å². The highest BCUT2D eigenvalue weighted by molar-refractivity contribution is 7.99. The molecule has 1 saturated carbocycles. The molecule has 0 amide bonds. The Morgan fingerprint density at radius 3 is 3.14 bits per heavy atom. The van der Waals surface area contributed by atoms with Crippen molar-refractivity contribution in [2.45, 2.75) is 30.8 Å². The topological polar surface area (TPSA) is 57.0 Å². The molecule has 1 aliphatic rings. The third kappa shape index (κ3) is 3.32. The summed E-state index contributed by atoms with van der Waals surface area (Å²) in [5.74, 6) is 2.37.